The molecule has 5 heterocycles. The summed E-state index contributed by atoms with van der Waals surface area (Å²) in [4.78, 5) is 13.1. The summed E-state index contributed by atoms with van der Waals surface area (Å²) >= 11 is 0. The first-order valence-electron chi connectivity index (χ1n) is 22.0. The van der Waals surface area contributed by atoms with Crippen molar-refractivity contribution in [1.29, 1.82) is 0 Å². The van der Waals surface area contributed by atoms with Crippen LogP contribution >= 0.6 is 0 Å². The molecule has 5 aliphatic rings. The Hall–Kier alpha value is 3.34. The molecule has 0 aliphatic carbocycles. The van der Waals surface area contributed by atoms with E-state index in [0.29, 0.717) is 0 Å². The van der Waals surface area contributed by atoms with Gasteiger partial charge in [0.2, 0.25) is 0 Å². The van der Waals surface area contributed by atoms with Crippen molar-refractivity contribution in [3.63, 3.8) is 0 Å². The average molecular weight is 1270 g/mol. The van der Waals surface area contributed by atoms with Crippen LogP contribution in [-0.2, 0) is 98.8 Å². The molecule has 5 rings (SSSR count). The molecule has 0 aromatic carbocycles. The Morgan fingerprint density at radius 2 is 0.446 bits per heavy atom. The summed E-state index contributed by atoms with van der Waals surface area (Å²) in [5.74, 6) is 0. The smallest absolute Gasteiger partial charge is 0.422 e. The van der Waals surface area contributed by atoms with E-state index in [2.05, 4.69) is 0 Å². The van der Waals surface area contributed by atoms with Crippen molar-refractivity contribution in [2.45, 2.75) is 131 Å². The lowest BCUT2D eigenvalue weighted by Crippen LogP contribution is -2.88. The topological polar surface area (TPSA) is 242 Å². The van der Waals surface area contributed by atoms with Crippen LogP contribution in [0.2, 0.25) is 131 Å². The van der Waals surface area contributed by atoms with Gasteiger partial charge in [-0.05, 0) is 131 Å². The van der Waals surface area contributed by atoms with Gasteiger partial charge in [-0.25, -0.2) is 0 Å². The third kappa shape index (κ3) is 15.9. The van der Waals surface area contributed by atoms with Crippen molar-refractivity contribution in [3.8, 4) is 0 Å². The Labute approximate surface area is 412 Å². The first-order chi connectivity index (χ1) is 29.7. The van der Waals surface area contributed by atoms with Crippen LogP contribution in [-0.4, -0.2) is 186 Å². The molecule has 0 spiro atoms. The molecule has 45 heteroatoms. The van der Waals surface area contributed by atoms with E-state index in [1.807, 2.05) is 131 Å². The van der Waals surface area contributed by atoms with Gasteiger partial charge in [0.05, 0.1) is 0 Å². The molecular formula is C20H72O25Si20. The molecule has 382 valence electrons. The predicted molar refractivity (Wildman–Crippen MR) is 276 cm³/mol. The number of rotatable bonds is 20. The second-order valence-corrected chi connectivity index (χ2v) is 69.8. The zero-order valence-corrected chi connectivity index (χ0v) is 62.8. The largest absolute Gasteiger partial charge is 0.654 e. The van der Waals surface area contributed by atoms with E-state index in [1.54, 1.807) is 0 Å². The minimum Gasteiger partial charge on any atom is -0.422 e. The highest BCUT2D eigenvalue weighted by molar-refractivity contribution is 7.00. The molecule has 25 nitrogen and oxygen atoms in total. The van der Waals surface area contributed by atoms with Crippen LogP contribution in [0, 0.1) is 0 Å². The van der Waals surface area contributed by atoms with Gasteiger partial charge < -0.3 is 104 Å². The van der Waals surface area contributed by atoms with Gasteiger partial charge in [-0.3, -0.25) is 0 Å². The fourth-order valence-corrected chi connectivity index (χ4v) is 77.9. The molecule has 0 aromatic heterocycles. The summed E-state index contributed by atoms with van der Waals surface area (Å²) < 4.78 is 168. The Kier molecular flexibility index (Phi) is 20.7. The Balaban J connectivity index is 2.12. The van der Waals surface area contributed by atoms with E-state index < -0.39 is 181 Å². The van der Waals surface area contributed by atoms with Gasteiger partial charge in [-0.2, -0.15) is 0 Å². The third-order valence-electron chi connectivity index (χ3n) is 7.30. The van der Waals surface area contributed by atoms with Gasteiger partial charge in [0.15, 0.2) is 90.4 Å². The maximum Gasteiger partial charge on any atom is 0.654 e. The molecule has 0 aromatic rings. The lowest BCUT2D eigenvalue weighted by molar-refractivity contribution is -0.104. The molecular weight excluding hydrogens is 1200 g/mol. The number of hydrogen-bond acceptors (Lipinski definition) is 25. The van der Waals surface area contributed by atoms with Crippen molar-refractivity contribution in [3.05, 3.63) is 0 Å². The molecule has 10 atom stereocenters. The van der Waals surface area contributed by atoms with Gasteiger partial charge in [-0.15, -0.1) is 0 Å². The molecule has 10 unspecified atom stereocenters. The predicted octanol–water partition coefficient (Wildman–Crippen LogP) is -1.08. The number of fused-ring (bicyclic) bond motifs is 5. The molecule has 5 saturated heterocycles. The van der Waals surface area contributed by atoms with Crippen molar-refractivity contribution in [1.82, 2.24) is 0 Å². The quantitative estimate of drug-likeness (QED) is 0.143. The molecule has 8 bridgehead atoms. The third-order valence-corrected chi connectivity index (χ3v) is 65.7. The number of hydrogen-bond donors (Lipinski definition) is 1. The SMILES string of the molecule is C[SiH](C)O[SiH]1O[Si]2(O[SiH](C)C)O[Si]3(O[SiH](C)C)O[Si](O)(O[SiH](C)C)O[Si]4(O[SiH](C)C)O[Si]5(O[SiH](C)C)O[Si](O[SiH](C)C)(O1)O[Si](O[SiH](C)C)(O2)O[Si](O[SiH](C)C)(O5)O[Si](O[SiH](C)C)(O3)O4. The van der Waals surface area contributed by atoms with Crippen LogP contribution < -0.4 is 0 Å². The second-order valence-electron chi connectivity index (χ2n) is 18.0. The highest BCUT2D eigenvalue weighted by atomic mass is 28.7. The Morgan fingerprint density at radius 3 is 0.646 bits per heavy atom. The fourth-order valence-electron chi connectivity index (χ4n) is 6.16. The zero-order valence-electron chi connectivity index (χ0n) is 41.1. The van der Waals surface area contributed by atoms with Crippen LogP contribution in [0.25, 0.3) is 0 Å². The lowest BCUT2D eigenvalue weighted by Gasteiger charge is -2.56. The van der Waals surface area contributed by atoms with Crippen LogP contribution in [0.4, 0.5) is 0 Å². The molecule has 5 aliphatic heterocycles. The van der Waals surface area contributed by atoms with E-state index in [4.69, 9.17) is 98.8 Å². The zero-order chi connectivity index (χ0) is 48.8. The van der Waals surface area contributed by atoms with Gasteiger partial charge in [0.25, 0.3) is 0 Å². The summed E-state index contributed by atoms with van der Waals surface area (Å²) in [6.45, 7) is 37.5. The normalized spacial score (nSPS) is 40.4. The Bertz CT molecular complexity index is 1530. The second kappa shape index (κ2) is 22.7. The van der Waals surface area contributed by atoms with E-state index in [9.17, 15) is 4.80 Å². The van der Waals surface area contributed by atoms with Crippen LogP contribution in [0.3, 0.4) is 0 Å². The molecule has 65 heavy (non-hydrogen) atoms. The lowest BCUT2D eigenvalue weighted by atomic mass is 11.9. The van der Waals surface area contributed by atoms with Crippen molar-refractivity contribution in [2.24, 2.45) is 0 Å². The van der Waals surface area contributed by atoms with Gasteiger partial charge in [0.1, 0.15) is 0 Å². The minimum absolute atomic E-state index is 1.82. The fraction of sp³-hybridized carbons (Fsp3) is 1.00. The molecule has 0 saturated carbocycles. The maximum atomic E-state index is 13.1. The van der Waals surface area contributed by atoms with Crippen molar-refractivity contribution >= 4 is 181 Å². The van der Waals surface area contributed by atoms with Crippen LogP contribution in [0.15, 0.2) is 0 Å². The highest BCUT2D eigenvalue weighted by Crippen LogP contribution is 2.48. The van der Waals surface area contributed by atoms with E-state index in [1.165, 1.54) is 0 Å². The minimum atomic E-state index is -5.31. The molecule has 1 N–H and O–H groups in total. The first-order valence-corrected chi connectivity index (χ1v) is 65.9. The van der Waals surface area contributed by atoms with Crippen LogP contribution in [0.1, 0.15) is 0 Å². The van der Waals surface area contributed by atoms with Gasteiger partial charge in [-0.1, -0.05) is 0 Å². The molecule has 0 radical (unpaired) electrons. The van der Waals surface area contributed by atoms with Gasteiger partial charge >= 0.3 is 91.0 Å². The van der Waals surface area contributed by atoms with E-state index in [0.717, 1.165) is 0 Å². The summed E-state index contributed by atoms with van der Waals surface area (Å²) in [6, 6.07) is 0. The summed E-state index contributed by atoms with van der Waals surface area (Å²) in [6.07, 6.45) is 0. The first kappa shape index (κ1) is 59.2. The van der Waals surface area contributed by atoms with Crippen molar-refractivity contribution < 1.29 is 104 Å². The van der Waals surface area contributed by atoms with Crippen LogP contribution in [0.5, 0.6) is 0 Å². The van der Waals surface area contributed by atoms with Crippen molar-refractivity contribution in [2.75, 3.05) is 0 Å². The summed E-state index contributed by atoms with van der Waals surface area (Å²) in [7, 11) is -74.2. The molecule has 0 amide bonds. The molecule has 5 fully saturated rings. The van der Waals surface area contributed by atoms with E-state index >= 15 is 0 Å². The monoisotopic (exact) mass is 1270 g/mol. The average Bonchev–Trinajstić information content (AvgIpc) is 2.97. The summed E-state index contributed by atoms with van der Waals surface area (Å²) in [5, 5.41) is 0. The summed E-state index contributed by atoms with van der Waals surface area (Å²) in [5.41, 5.74) is 0. The van der Waals surface area contributed by atoms with Gasteiger partial charge in [0, 0.05) is 0 Å². The standard InChI is InChI=1S/C20H72O25Si20/c1-46(2)22-56-32-58(24-48(5)6)36-60(26-50(9)10)34-57(21,23-47(3)4)35-61(27-51(11)12)41-63(29-53(15)16)39-59(33-56,25-49(7)8)38-62(37-58,28-52(13)14)43-65(44-63,31-55(19)20)45-64(40-60,42-61)30-54(17)18/h21,46-56H,1-20H3. The van der Waals surface area contributed by atoms with E-state index in [-0.39, 0.29) is 0 Å². The maximum absolute atomic E-state index is 13.1. The Morgan fingerprint density at radius 1 is 0.262 bits per heavy atom. The highest BCUT2D eigenvalue weighted by Gasteiger charge is 2.88.